The van der Waals surface area contributed by atoms with E-state index in [2.05, 4.69) is 28.2 Å². The summed E-state index contributed by atoms with van der Waals surface area (Å²) in [6.07, 6.45) is 2.28. The Bertz CT molecular complexity index is 509. The predicted molar refractivity (Wildman–Crippen MR) is 97.1 cm³/mol. The molecule has 0 aromatic heterocycles. The third-order valence-electron chi connectivity index (χ3n) is 4.09. The SMILES string of the molecule is C[NH+](C)CCC[NH+](CCC[NH+](C)C)Cc1cc([N+](=O)[O-])ccc1Cl. The van der Waals surface area contributed by atoms with Crippen molar-refractivity contribution in [2.75, 3.05) is 54.4 Å². The maximum absolute atomic E-state index is 11.0. The van der Waals surface area contributed by atoms with E-state index in [9.17, 15) is 10.1 Å². The molecular weight excluding hydrogens is 328 g/mol. The van der Waals surface area contributed by atoms with E-state index in [1.54, 1.807) is 12.1 Å². The number of nitro groups is 1. The molecule has 0 aliphatic heterocycles. The summed E-state index contributed by atoms with van der Waals surface area (Å²) >= 11 is 6.27. The van der Waals surface area contributed by atoms with Crippen molar-refractivity contribution in [1.29, 1.82) is 0 Å². The molecule has 136 valence electrons. The molecule has 0 radical (unpaired) electrons. The van der Waals surface area contributed by atoms with Crippen LogP contribution < -0.4 is 14.7 Å². The molecule has 0 atom stereocenters. The van der Waals surface area contributed by atoms with Crippen LogP contribution in [0.15, 0.2) is 18.2 Å². The second-order valence-corrected chi connectivity index (χ2v) is 7.49. The smallest absolute Gasteiger partial charge is 0.270 e. The number of halogens is 1. The molecule has 3 N–H and O–H groups in total. The van der Waals surface area contributed by atoms with Gasteiger partial charge in [0.15, 0.2) is 0 Å². The zero-order valence-corrected chi connectivity index (χ0v) is 16.1. The minimum atomic E-state index is -0.357. The van der Waals surface area contributed by atoms with Gasteiger partial charge >= 0.3 is 0 Å². The number of nitrogens with one attached hydrogen (secondary N) is 3. The molecular formula is C17H32ClN4O2+3. The standard InChI is InChI=1S/C17H29ClN4O2/c1-19(2)9-5-11-21(12-6-10-20(3)4)14-15-13-16(22(23)24)7-8-17(15)18/h7-8,13H,5-6,9-12,14H2,1-4H3/p+3. The Kier molecular flexibility index (Phi) is 9.21. The number of nitrogens with zero attached hydrogens (tertiary/aromatic N) is 1. The number of rotatable bonds is 11. The minimum absolute atomic E-state index is 0.115. The fraction of sp³-hybridized carbons (Fsp3) is 0.647. The quantitative estimate of drug-likeness (QED) is 0.340. The average Bonchev–Trinajstić information content (AvgIpc) is 2.48. The van der Waals surface area contributed by atoms with E-state index in [1.165, 1.54) is 20.8 Å². The number of hydrogen-bond acceptors (Lipinski definition) is 2. The Morgan fingerprint density at radius 2 is 1.54 bits per heavy atom. The highest BCUT2D eigenvalue weighted by Gasteiger charge is 2.16. The fourth-order valence-corrected chi connectivity index (χ4v) is 2.95. The normalized spacial score (nSPS) is 11.7. The predicted octanol–water partition coefficient (Wildman–Crippen LogP) is -1.30. The van der Waals surface area contributed by atoms with Crippen LogP contribution in [0.2, 0.25) is 5.02 Å². The monoisotopic (exact) mass is 359 g/mol. The zero-order chi connectivity index (χ0) is 18.1. The molecule has 0 saturated heterocycles. The number of nitro benzene ring substituents is 1. The molecule has 0 fully saturated rings. The molecule has 7 heteroatoms. The first-order valence-electron chi connectivity index (χ1n) is 8.64. The molecule has 0 amide bonds. The lowest BCUT2D eigenvalue weighted by molar-refractivity contribution is -0.925. The van der Waals surface area contributed by atoms with Gasteiger partial charge in [-0.1, -0.05) is 11.6 Å². The van der Waals surface area contributed by atoms with Gasteiger partial charge in [-0.15, -0.1) is 0 Å². The van der Waals surface area contributed by atoms with Crippen molar-refractivity contribution < 1.29 is 19.6 Å². The second-order valence-electron chi connectivity index (χ2n) is 7.08. The van der Waals surface area contributed by atoms with Gasteiger partial charge in [0.05, 0.1) is 59.3 Å². The summed E-state index contributed by atoms with van der Waals surface area (Å²) in [5, 5.41) is 11.6. The topological polar surface area (TPSA) is 56.5 Å². The van der Waals surface area contributed by atoms with Crippen molar-refractivity contribution in [2.24, 2.45) is 0 Å². The van der Waals surface area contributed by atoms with Gasteiger partial charge < -0.3 is 14.7 Å². The van der Waals surface area contributed by atoms with E-state index in [1.807, 2.05) is 0 Å². The highest BCUT2D eigenvalue weighted by atomic mass is 35.5. The second kappa shape index (κ2) is 10.6. The third kappa shape index (κ3) is 8.06. The Morgan fingerprint density at radius 1 is 1.00 bits per heavy atom. The van der Waals surface area contributed by atoms with E-state index in [0.29, 0.717) is 5.02 Å². The summed E-state index contributed by atoms with van der Waals surface area (Å²) in [4.78, 5) is 15.0. The van der Waals surface area contributed by atoms with Gasteiger partial charge in [0.25, 0.3) is 5.69 Å². The van der Waals surface area contributed by atoms with Crippen molar-refractivity contribution in [1.82, 2.24) is 0 Å². The Morgan fingerprint density at radius 3 is 2.00 bits per heavy atom. The number of hydrogen-bond donors (Lipinski definition) is 3. The largest absolute Gasteiger partial charge is 0.340 e. The molecule has 0 saturated carbocycles. The third-order valence-corrected chi connectivity index (χ3v) is 4.46. The first kappa shape index (κ1) is 20.8. The Labute approximate surface area is 150 Å². The highest BCUT2D eigenvalue weighted by Crippen LogP contribution is 2.21. The van der Waals surface area contributed by atoms with Gasteiger partial charge in [-0.25, -0.2) is 0 Å². The van der Waals surface area contributed by atoms with Gasteiger partial charge in [-0.3, -0.25) is 10.1 Å². The van der Waals surface area contributed by atoms with Crippen LogP contribution in [0.25, 0.3) is 0 Å². The van der Waals surface area contributed by atoms with Gasteiger partial charge in [0.1, 0.15) is 6.54 Å². The van der Waals surface area contributed by atoms with E-state index in [4.69, 9.17) is 11.6 Å². The van der Waals surface area contributed by atoms with Crippen LogP contribution in [0.4, 0.5) is 5.69 Å². The van der Waals surface area contributed by atoms with Gasteiger partial charge in [0.2, 0.25) is 0 Å². The zero-order valence-electron chi connectivity index (χ0n) is 15.3. The maximum Gasteiger partial charge on any atom is 0.270 e. The van der Waals surface area contributed by atoms with Crippen molar-refractivity contribution in [2.45, 2.75) is 19.4 Å². The molecule has 0 aliphatic rings. The average molecular weight is 360 g/mol. The summed E-state index contributed by atoms with van der Waals surface area (Å²) in [5.74, 6) is 0. The summed E-state index contributed by atoms with van der Waals surface area (Å²) in [5.41, 5.74) is 0.986. The van der Waals surface area contributed by atoms with E-state index in [-0.39, 0.29) is 10.6 Å². The molecule has 1 aromatic carbocycles. The molecule has 1 rings (SSSR count). The number of benzene rings is 1. The summed E-state index contributed by atoms with van der Waals surface area (Å²) in [7, 11) is 8.64. The Hall–Kier alpha value is -1.21. The van der Waals surface area contributed by atoms with Crippen LogP contribution >= 0.6 is 11.6 Å². The summed E-state index contributed by atoms with van der Waals surface area (Å²) in [6, 6.07) is 4.73. The van der Waals surface area contributed by atoms with Crippen LogP contribution in [0.1, 0.15) is 18.4 Å². The van der Waals surface area contributed by atoms with Gasteiger partial charge in [-0.05, 0) is 6.07 Å². The van der Waals surface area contributed by atoms with E-state index >= 15 is 0 Å². The number of quaternary nitrogens is 3. The molecule has 0 unspecified atom stereocenters. The first-order valence-corrected chi connectivity index (χ1v) is 9.02. The molecule has 24 heavy (non-hydrogen) atoms. The minimum Gasteiger partial charge on any atom is -0.340 e. The molecule has 6 nitrogen and oxygen atoms in total. The van der Waals surface area contributed by atoms with Crippen molar-refractivity contribution in [3.8, 4) is 0 Å². The summed E-state index contributed by atoms with van der Waals surface area (Å²) < 4.78 is 0. The van der Waals surface area contributed by atoms with Gasteiger partial charge in [-0.2, -0.15) is 0 Å². The van der Waals surface area contributed by atoms with E-state index < -0.39 is 0 Å². The van der Waals surface area contributed by atoms with Crippen LogP contribution in [-0.4, -0.2) is 59.3 Å². The van der Waals surface area contributed by atoms with Crippen LogP contribution in [0, 0.1) is 10.1 Å². The van der Waals surface area contributed by atoms with Crippen LogP contribution in [-0.2, 0) is 6.54 Å². The molecule has 0 aliphatic carbocycles. The van der Waals surface area contributed by atoms with Crippen molar-refractivity contribution in [3.63, 3.8) is 0 Å². The van der Waals surface area contributed by atoms with Crippen molar-refractivity contribution >= 4 is 17.3 Å². The lowest BCUT2D eigenvalue weighted by Crippen LogP contribution is -3.13. The molecule has 0 spiro atoms. The van der Waals surface area contributed by atoms with Gasteiger partial charge in [0, 0.05) is 35.6 Å². The highest BCUT2D eigenvalue weighted by molar-refractivity contribution is 6.31. The maximum atomic E-state index is 11.0. The molecule has 1 aromatic rings. The lowest BCUT2D eigenvalue weighted by Gasteiger charge is -2.21. The molecule has 0 heterocycles. The number of non-ortho nitro benzene ring substituents is 1. The Balaban J connectivity index is 2.74. The van der Waals surface area contributed by atoms with Crippen LogP contribution in [0.5, 0.6) is 0 Å². The fourth-order valence-electron chi connectivity index (χ4n) is 2.77. The van der Waals surface area contributed by atoms with Crippen molar-refractivity contribution in [3.05, 3.63) is 38.9 Å². The van der Waals surface area contributed by atoms with Crippen LogP contribution in [0.3, 0.4) is 0 Å². The molecule has 0 bridgehead atoms. The first-order chi connectivity index (χ1) is 11.3. The lowest BCUT2D eigenvalue weighted by atomic mass is 10.1. The summed E-state index contributed by atoms with van der Waals surface area (Å²) in [6.45, 7) is 5.13. The van der Waals surface area contributed by atoms with E-state index in [0.717, 1.165) is 51.1 Å².